The number of rotatable bonds is 7. The van der Waals surface area contributed by atoms with Gasteiger partial charge in [-0.15, -0.1) is 0 Å². The van der Waals surface area contributed by atoms with E-state index in [9.17, 15) is 0 Å². The van der Waals surface area contributed by atoms with Gasteiger partial charge in [0.15, 0.2) is 0 Å². The van der Waals surface area contributed by atoms with Gasteiger partial charge in [0.1, 0.15) is 5.75 Å². The Hall–Kier alpha value is -0.580. The highest BCUT2D eigenvalue weighted by atomic mass is 79.9. The van der Waals surface area contributed by atoms with Crippen molar-refractivity contribution in [2.24, 2.45) is 5.73 Å². The number of hydrogen-bond donors (Lipinski definition) is 1. The number of halogens is 1. The highest BCUT2D eigenvalue weighted by Gasteiger charge is 2.07. The predicted octanol–water partition coefficient (Wildman–Crippen LogP) is 3.02. The standard InChI is InChI=1S/C13H20BrNO2/c1-3-16-5-4-6-17-13-10(2)7-12(14)8-11(13)9-15/h7-8H,3-6,9,15H2,1-2H3. The first-order valence-electron chi connectivity index (χ1n) is 5.88. The molecule has 1 rings (SSSR count). The maximum atomic E-state index is 5.78. The molecule has 0 amide bonds. The van der Waals surface area contributed by atoms with Gasteiger partial charge in [-0.05, 0) is 31.5 Å². The second kappa shape index (κ2) is 7.69. The summed E-state index contributed by atoms with van der Waals surface area (Å²) in [6.45, 7) is 6.67. The molecule has 1 aromatic rings. The molecule has 17 heavy (non-hydrogen) atoms. The number of aryl methyl sites for hydroxylation is 1. The second-order valence-corrected chi connectivity index (χ2v) is 4.73. The van der Waals surface area contributed by atoms with Gasteiger partial charge in [0.2, 0.25) is 0 Å². The third-order valence-electron chi connectivity index (χ3n) is 2.42. The van der Waals surface area contributed by atoms with E-state index in [2.05, 4.69) is 15.9 Å². The van der Waals surface area contributed by atoms with E-state index in [0.717, 1.165) is 41.0 Å². The SMILES string of the molecule is CCOCCCOc1c(C)cc(Br)cc1CN. The van der Waals surface area contributed by atoms with Gasteiger partial charge in [0.05, 0.1) is 6.61 Å². The summed E-state index contributed by atoms with van der Waals surface area (Å²) in [6, 6.07) is 4.04. The third kappa shape index (κ3) is 4.66. The summed E-state index contributed by atoms with van der Waals surface area (Å²) in [4.78, 5) is 0. The molecule has 0 atom stereocenters. The zero-order valence-electron chi connectivity index (χ0n) is 10.5. The molecule has 0 unspecified atom stereocenters. The van der Waals surface area contributed by atoms with E-state index in [1.54, 1.807) is 0 Å². The molecule has 2 N–H and O–H groups in total. The molecule has 0 radical (unpaired) electrons. The van der Waals surface area contributed by atoms with Crippen LogP contribution in [0, 0.1) is 6.92 Å². The Morgan fingerprint density at radius 3 is 2.71 bits per heavy atom. The van der Waals surface area contributed by atoms with Crippen LogP contribution in [0.3, 0.4) is 0 Å². The van der Waals surface area contributed by atoms with Gasteiger partial charge in [-0.3, -0.25) is 0 Å². The fourth-order valence-electron chi connectivity index (χ4n) is 1.64. The smallest absolute Gasteiger partial charge is 0.126 e. The van der Waals surface area contributed by atoms with Crippen LogP contribution in [0.1, 0.15) is 24.5 Å². The topological polar surface area (TPSA) is 44.5 Å². The molecule has 0 saturated carbocycles. The lowest BCUT2D eigenvalue weighted by atomic mass is 10.1. The lowest BCUT2D eigenvalue weighted by Gasteiger charge is -2.14. The van der Waals surface area contributed by atoms with Crippen LogP contribution in [0.15, 0.2) is 16.6 Å². The number of benzene rings is 1. The van der Waals surface area contributed by atoms with Crippen molar-refractivity contribution in [2.75, 3.05) is 19.8 Å². The average molecular weight is 302 g/mol. The van der Waals surface area contributed by atoms with Gasteiger partial charge in [-0.25, -0.2) is 0 Å². The molecule has 0 bridgehead atoms. The zero-order chi connectivity index (χ0) is 12.7. The van der Waals surface area contributed by atoms with E-state index >= 15 is 0 Å². The summed E-state index contributed by atoms with van der Waals surface area (Å²) in [7, 11) is 0. The molecular formula is C13H20BrNO2. The van der Waals surface area contributed by atoms with Crippen LogP contribution >= 0.6 is 15.9 Å². The summed E-state index contributed by atoms with van der Waals surface area (Å²) in [5.41, 5.74) is 7.86. The van der Waals surface area contributed by atoms with Gasteiger partial charge in [0, 0.05) is 36.2 Å². The van der Waals surface area contributed by atoms with Crippen molar-refractivity contribution in [3.05, 3.63) is 27.7 Å². The molecule has 0 saturated heterocycles. The first-order chi connectivity index (χ1) is 8.19. The molecule has 0 aliphatic rings. The number of hydrogen-bond acceptors (Lipinski definition) is 3. The Balaban J connectivity index is 2.57. The Labute approximate surface area is 111 Å². The highest BCUT2D eigenvalue weighted by Crippen LogP contribution is 2.27. The molecule has 0 aromatic heterocycles. The molecule has 0 aliphatic heterocycles. The fourth-order valence-corrected chi connectivity index (χ4v) is 2.26. The predicted molar refractivity (Wildman–Crippen MR) is 73.4 cm³/mol. The van der Waals surface area contributed by atoms with Gasteiger partial charge in [0.25, 0.3) is 0 Å². The van der Waals surface area contributed by atoms with Crippen molar-refractivity contribution < 1.29 is 9.47 Å². The van der Waals surface area contributed by atoms with Gasteiger partial charge in [-0.2, -0.15) is 0 Å². The molecular weight excluding hydrogens is 282 g/mol. The summed E-state index contributed by atoms with van der Waals surface area (Å²) < 4.78 is 12.1. The Morgan fingerprint density at radius 2 is 2.06 bits per heavy atom. The fraction of sp³-hybridized carbons (Fsp3) is 0.538. The largest absolute Gasteiger partial charge is 0.493 e. The number of ether oxygens (including phenoxy) is 2. The van der Waals surface area contributed by atoms with Crippen molar-refractivity contribution >= 4 is 15.9 Å². The first-order valence-corrected chi connectivity index (χ1v) is 6.68. The van der Waals surface area contributed by atoms with Crippen LogP contribution in [-0.2, 0) is 11.3 Å². The van der Waals surface area contributed by atoms with Crippen molar-refractivity contribution in [3.63, 3.8) is 0 Å². The van der Waals surface area contributed by atoms with Crippen LogP contribution in [-0.4, -0.2) is 19.8 Å². The lowest BCUT2D eigenvalue weighted by Crippen LogP contribution is -2.07. The average Bonchev–Trinajstić information content (AvgIpc) is 2.30. The van der Waals surface area contributed by atoms with E-state index in [0.29, 0.717) is 13.2 Å². The summed E-state index contributed by atoms with van der Waals surface area (Å²) in [5, 5.41) is 0. The van der Waals surface area contributed by atoms with E-state index in [1.807, 2.05) is 26.0 Å². The van der Waals surface area contributed by atoms with Crippen molar-refractivity contribution in [2.45, 2.75) is 26.8 Å². The van der Waals surface area contributed by atoms with E-state index in [-0.39, 0.29) is 0 Å². The van der Waals surface area contributed by atoms with Crippen LogP contribution in [0.25, 0.3) is 0 Å². The Morgan fingerprint density at radius 1 is 1.29 bits per heavy atom. The lowest BCUT2D eigenvalue weighted by molar-refractivity contribution is 0.130. The quantitative estimate of drug-likeness (QED) is 0.787. The molecule has 3 nitrogen and oxygen atoms in total. The molecule has 0 aliphatic carbocycles. The third-order valence-corrected chi connectivity index (χ3v) is 2.88. The van der Waals surface area contributed by atoms with Crippen LogP contribution in [0.2, 0.25) is 0 Å². The van der Waals surface area contributed by atoms with Crippen LogP contribution < -0.4 is 10.5 Å². The number of nitrogens with two attached hydrogens (primary N) is 1. The van der Waals surface area contributed by atoms with Crippen molar-refractivity contribution in [1.82, 2.24) is 0 Å². The van der Waals surface area contributed by atoms with Gasteiger partial charge < -0.3 is 15.2 Å². The molecule has 0 heterocycles. The monoisotopic (exact) mass is 301 g/mol. The van der Waals surface area contributed by atoms with E-state index in [4.69, 9.17) is 15.2 Å². The minimum absolute atomic E-state index is 0.487. The first kappa shape index (κ1) is 14.5. The maximum absolute atomic E-state index is 5.78. The maximum Gasteiger partial charge on any atom is 0.126 e. The highest BCUT2D eigenvalue weighted by molar-refractivity contribution is 9.10. The van der Waals surface area contributed by atoms with Crippen LogP contribution in [0.5, 0.6) is 5.75 Å². The minimum atomic E-state index is 0.487. The van der Waals surface area contributed by atoms with Gasteiger partial charge >= 0.3 is 0 Å². The molecule has 1 aromatic carbocycles. The molecule has 0 fully saturated rings. The normalized spacial score (nSPS) is 10.6. The van der Waals surface area contributed by atoms with Gasteiger partial charge in [-0.1, -0.05) is 15.9 Å². The minimum Gasteiger partial charge on any atom is -0.493 e. The van der Waals surface area contributed by atoms with E-state index in [1.165, 1.54) is 0 Å². The van der Waals surface area contributed by atoms with Crippen molar-refractivity contribution in [3.8, 4) is 5.75 Å². The zero-order valence-corrected chi connectivity index (χ0v) is 12.0. The molecule has 0 spiro atoms. The molecule has 4 heteroatoms. The Kier molecular flexibility index (Phi) is 6.55. The second-order valence-electron chi connectivity index (χ2n) is 3.81. The van der Waals surface area contributed by atoms with Crippen molar-refractivity contribution in [1.29, 1.82) is 0 Å². The summed E-state index contributed by atoms with van der Waals surface area (Å²) >= 11 is 3.46. The van der Waals surface area contributed by atoms with E-state index < -0.39 is 0 Å². The summed E-state index contributed by atoms with van der Waals surface area (Å²) in [6.07, 6.45) is 0.896. The molecule has 96 valence electrons. The Bertz CT molecular complexity index is 356. The van der Waals surface area contributed by atoms with Crippen LogP contribution in [0.4, 0.5) is 0 Å². The summed E-state index contributed by atoms with van der Waals surface area (Å²) in [5.74, 6) is 0.909.